The molecule has 2 aliphatic carbocycles. The van der Waals surface area contributed by atoms with Crippen molar-refractivity contribution in [2.24, 2.45) is 5.92 Å². The number of carboxylic acids is 1. The highest BCUT2D eigenvalue weighted by molar-refractivity contribution is 5.79. The summed E-state index contributed by atoms with van der Waals surface area (Å²) in [6.45, 7) is 1.30. The first-order valence-corrected chi connectivity index (χ1v) is 9.64. The number of likely N-dealkylation sites (tertiary alicyclic amines) is 1. The average molecular weight is 375 g/mol. The molecule has 0 atom stereocenters. The van der Waals surface area contributed by atoms with Gasteiger partial charge in [-0.15, -0.1) is 0 Å². The lowest BCUT2D eigenvalue weighted by molar-refractivity contribution is -0.141. The van der Waals surface area contributed by atoms with Crippen LogP contribution in [0.4, 0.5) is 4.79 Å². The lowest BCUT2D eigenvalue weighted by Gasteiger charge is -2.21. The predicted molar refractivity (Wildman–Crippen MR) is 104 cm³/mol. The number of aliphatic carboxylic acids is 1. The van der Waals surface area contributed by atoms with E-state index in [0.717, 1.165) is 11.1 Å². The molecule has 142 valence electrons. The molecule has 2 aromatic carbocycles. The molecule has 1 aliphatic heterocycles. The van der Waals surface area contributed by atoms with Gasteiger partial charge in [0.1, 0.15) is 6.61 Å². The van der Waals surface area contributed by atoms with Crippen LogP contribution in [0.25, 0.3) is 11.1 Å². The Bertz CT molecular complexity index is 946. The first-order chi connectivity index (χ1) is 13.6. The summed E-state index contributed by atoms with van der Waals surface area (Å²) in [6.07, 6.45) is 0.790. The molecule has 2 aromatic rings. The predicted octanol–water partition coefficient (Wildman–Crippen LogP) is 4.04. The minimum Gasteiger partial charge on any atom is -0.481 e. The number of carbonyl (C=O) groups is 2. The Balaban J connectivity index is 1.26. The number of carboxylic acid groups (broad SMARTS) is 1. The van der Waals surface area contributed by atoms with Crippen molar-refractivity contribution in [3.8, 4) is 11.1 Å². The maximum Gasteiger partial charge on any atom is 0.410 e. The second-order valence-electron chi connectivity index (χ2n) is 7.81. The molecule has 0 fully saturated rings. The number of benzene rings is 2. The van der Waals surface area contributed by atoms with Crippen LogP contribution in [0, 0.1) is 5.92 Å². The van der Waals surface area contributed by atoms with Gasteiger partial charge >= 0.3 is 12.1 Å². The zero-order valence-electron chi connectivity index (χ0n) is 15.4. The summed E-state index contributed by atoms with van der Waals surface area (Å²) in [5.74, 6) is -1.02. The van der Waals surface area contributed by atoms with E-state index < -0.39 is 5.97 Å². The summed E-state index contributed by atoms with van der Waals surface area (Å²) >= 11 is 0. The number of rotatable bonds is 3. The van der Waals surface area contributed by atoms with Crippen LogP contribution >= 0.6 is 0 Å². The van der Waals surface area contributed by atoms with Crippen LogP contribution in [0.15, 0.2) is 59.7 Å². The molecule has 5 rings (SSSR count). The Kier molecular flexibility index (Phi) is 3.97. The SMILES string of the molecule is O=C(O)C1CC2=C(C1)CN(C(=O)OCC1c3ccccc3-c3ccccc31)C2. The number of carbonyl (C=O) groups excluding carboxylic acids is 1. The van der Waals surface area contributed by atoms with Gasteiger partial charge < -0.3 is 14.7 Å². The third kappa shape index (κ3) is 2.70. The van der Waals surface area contributed by atoms with E-state index in [4.69, 9.17) is 4.74 Å². The van der Waals surface area contributed by atoms with E-state index >= 15 is 0 Å². The van der Waals surface area contributed by atoms with Crippen LogP contribution in [0.5, 0.6) is 0 Å². The van der Waals surface area contributed by atoms with Gasteiger partial charge in [0.2, 0.25) is 0 Å². The molecular formula is C23H21NO4. The van der Waals surface area contributed by atoms with Crippen LogP contribution in [0.1, 0.15) is 29.9 Å². The van der Waals surface area contributed by atoms with Gasteiger partial charge in [-0.1, -0.05) is 48.5 Å². The van der Waals surface area contributed by atoms with E-state index in [2.05, 4.69) is 24.3 Å². The molecule has 28 heavy (non-hydrogen) atoms. The summed E-state index contributed by atoms with van der Waals surface area (Å²) in [4.78, 5) is 25.5. The Morgan fingerprint density at radius 2 is 1.46 bits per heavy atom. The number of fused-ring (bicyclic) bond motifs is 3. The fraction of sp³-hybridized carbons (Fsp3) is 0.304. The van der Waals surface area contributed by atoms with Crippen LogP contribution in [-0.4, -0.2) is 41.8 Å². The average Bonchev–Trinajstić information content (AvgIpc) is 3.36. The summed E-state index contributed by atoms with van der Waals surface area (Å²) in [5, 5.41) is 9.18. The number of nitrogens with zero attached hydrogens (tertiary/aromatic N) is 1. The van der Waals surface area contributed by atoms with Gasteiger partial charge in [0.05, 0.1) is 5.92 Å². The quantitative estimate of drug-likeness (QED) is 0.822. The Morgan fingerprint density at radius 1 is 0.929 bits per heavy atom. The zero-order valence-corrected chi connectivity index (χ0v) is 15.4. The van der Waals surface area contributed by atoms with Crippen molar-refractivity contribution < 1.29 is 19.4 Å². The third-order valence-electron chi connectivity index (χ3n) is 6.19. The molecule has 0 saturated carbocycles. The van der Waals surface area contributed by atoms with Gasteiger partial charge in [-0.25, -0.2) is 4.79 Å². The molecule has 0 spiro atoms. The third-order valence-corrected chi connectivity index (χ3v) is 6.19. The summed E-state index contributed by atoms with van der Waals surface area (Å²) < 4.78 is 5.71. The molecule has 5 nitrogen and oxygen atoms in total. The minimum atomic E-state index is -0.748. The molecule has 0 unspecified atom stereocenters. The van der Waals surface area contributed by atoms with Crippen molar-refractivity contribution in [3.63, 3.8) is 0 Å². The van der Waals surface area contributed by atoms with Crippen molar-refractivity contribution in [2.45, 2.75) is 18.8 Å². The monoisotopic (exact) mass is 375 g/mol. The van der Waals surface area contributed by atoms with E-state index in [1.807, 2.05) is 24.3 Å². The van der Waals surface area contributed by atoms with E-state index in [0.29, 0.717) is 32.5 Å². The summed E-state index contributed by atoms with van der Waals surface area (Å²) in [6, 6.07) is 16.5. The molecular weight excluding hydrogens is 354 g/mol. The minimum absolute atomic E-state index is 0.0511. The molecule has 3 aliphatic rings. The highest BCUT2D eigenvalue weighted by Crippen LogP contribution is 2.44. The van der Waals surface area contributed by atoms with Crippen molar-refractivity contribution >= 4 is 12.1 Å². The van der Waals surface area contributed by atoms with E-state index in [-0.39, 0.29) is 17.9 Å². The van der Waals surface area contributed by atoms with Crippen molar-refractivity contribution in [1.82, 2.24) is 4.90 Å². The molecule has 0 aromatic heterocycles. The number of ether oxygens (including phenoxy) is 1. The first kappa shape index (κ1) is 17.0. The Hall–Kier alpha value is -3.08. The maximum atomic E-state index is 12.6. The van der Waals surface area contributed by atoms with Gasteiger partial charge in [-0.3, -0.25) is 4.79 Å². The number of hydrogen-bond donors (Lipinski definition) is 1. The Labute approximate surface area is 163 Å². The lowest BCUT2D eigenvalue weighted by atomic mass is 9.98. The van der Waals surface area contributed by atoms with E-state index in [1.165, 1.54) is 22.3 Å². The van der Waals surface area contributed by atoms with Crippen LogP contribution < -0.4 is 0 Å². The number of amides is 1. The molecule has 0 bridgehead atoms. The first-order valence-electron chi connectivity index (χ1n) is 9.64. The molecule has 0 saturated heterocycles. The van der Waals surface area contributed by atoms with Crippen molar-refractivity contribution in [1.29, 1.82) is 0 Å². The standard InChI is InChI=1S/C23H21NO4/c25-22(26)14-9-15-11-24(12-16(15)10-14)23(27)28-13-21-19-7-3-1-5-17(19)18-6-2-4-8-20(18)21/h1-8,14,21H,9-13H2,(H,25,26). The maximum absolute atomic E-state index is 12.6. The fourth-order valence-corrected chi connectivity index (χ4v) is 4.81. The number of hydrogen-bond acceptors (Lipinski definition) is 3. The van der Waals surface area contributed by atoms with Gasteiger partial charge in [-0.05, 0) is 46.2 Å². The summed E-state index contributed by atoms with van der Waals surface area (Å²) in [5.41, 5.74) is 7.01. The van der Waals surface area contributed by atoms with Crippen LogP contribution in [-0.2, 0) is 9.53 Å². The van der Waals surface area contributed by atoms with Crippen molar-refractivity contribution in [3.05, 3.63) is 70.8 Å². The van der Waals surface area contributed by atoms with Gasteiger partial charge in [-0.2, -0.15) is 0 Å². The largest absolute Gasteiger partial charge is 0.481 e. The Morgan fingerprint density at radius 3 is 2.00 bits per heavy atom. The highest BCUT2D eigenvalue weighted by Gasteiger charge is 2.37. The van der Waals surface area contributed by atoms with Gasteiger partial charge in [0.25, 0.3) is 0 Å². The zero-order chi connectivity index (χ0) is 19.3. The fourth-order valence-electron chi connectivity index (χ4n) is 4.81. The van der Waals surface area contributed by atoms with Crippen molar-refractivity contribution in [2.75, 3.05) is 19.7 Å². The molecule has 1 amide bonds. The molecule has 0 radical (unpaired) electrons. The van der Waals surface area contributed by atoms with E-state index in [1.54, 1.807) is 4.90 Å². The van der Waals surface area contributed by atoms with Gasteiger partial charge in [0.15, 0.2) is 0 Å². The highest BCUT2D eigenvalue weighted by atomic mass is 16.6. The summed E-state index contributed by atoms with van der Waals surface area (Å²) in [7, 11) is 0. The lowest BCUT2D eigenvalue weighted by Crippen LogP contribution is -2.32. The second kappa shape index (κ2) is 6.51. The molecule has 1 heterocycles. The smallest absolute Gasteiger partial charge is 0.410 e. The normalized spacial score (nSPS) is 18.2. The van der Waals surface area contributed by atoms with E-state index in [9.17, 15) is 14.7 Å². The van der Waals surface area contributed by atoms with Gasteiger partial charge in [0, 0.05) is 19.0 Å². The van der Waals surface area contributed by atoms with Crippen LogP contribution in [0.2, 0.25) is 0 Å². The topological polar surface area (TPSA) is 66.8 Å². The second-order valence-corrected chi connectivity index (χ2v) is 7.81. The van der Waals surface area contributed by atoms with Crippen LogP contribution in [0.3, 0.4) is 0 Å². The molecule has 1 N–H and O–H groups in total. The molecule has 5 heteroatoms.